The molecule has 1 heterocycles. The smallest absolute Gasteiger partial charge is 0.115 e. The van der Waals surface area contributed by atoms with Gasteiger partial charge in [-0.15, -0.1) is 0 Å². The van der Waals surface area contributed by atoms with Crippen molar-refractivity contribution in [3.63, 3.8) is 0 Å². The third-order valence-corrected chi connectivity index (χ3v) is 4.52. The first-order chi connectivity index (χ1) is 7.71. The van der Waals surface area contributed by atoms with E-state index < -0.39 is 0 Å². The van der Waals surface area contributed by atoms with Gasteiger partial charge in [0.1, 0.15) is 5.75 Å². The average molecular weight is 217 g/mol. The monoisotopic (exact) mass is 217 g/mol. The molecule has 2 nitrogen and oxygen atoms in total. The molecule has 16 heavy (non-hydrogen) atoms. The second kappa shape index (κ2) is 3.49. The summed E-state index contributed by atoms with van der Waals surface area (Å²) >= 11 is 0. The Morgan fingerprint density at radius 3 is 3.12 bits per heavy atom. The summed E-state index contributed by atoms with van der Waals surface area (Å²) in [7, 11) is 0. The average Bonchev–Trinajstić information content (AvgIpc) is 2.50. The van der Waals surface area contributed by atoms with Gasteiger partial charge in [0.15, 0.2) is 0 Å². The molecule has 0 aromatic heterocycles. The van der Waals surface area contributed by atoms with Crippen LogP contribution in [-0.2, 0) is 5.41 Å². The first-order valence-electron chi connectivity index (χ1n) is 6.26. The standard InChI is InChI=1S/C14H19NO/c1-10-14(7-3-5-12(9-14)15-10)11-4-2-6-13(16)8-11/h2,4,6,8,10,12,15-16H,3,5,7,9H2,1H3. The third-order valence-electron chi connectivity index (χ3n) is 4.52. The Morgan fingerprint density at radius 2 is 2.31 bits per heavy atom. The van der Waals surface area contributed by atoms with Gasteiger partial charge in [-0.1, -0.05) is 18.6 Å². The van der Waals surface area contributed by atoms with Crippen molar-refractivity contribution < 1.29 is 5.11 Å². The first kappa shape index (κ1) is 10.2. The summed E-state index contributed by atoms with van der Waals surface area (Å²) in [6.45, 7) is 2.29. The number of fused-ring (bicyclic) bond motifs is 2. The maximum absolute atomic E-state index is 9.63. The molecule has 2 bridgehead atoms. The molecule has 3 unspecified atom stereocenters. The fourth-order valence-electron chi connectivity index (χ4n) is 3.68. The number of nitrogens with one attached hydrogen (secondary N) is 1. The SMILES string of the molecule is CC1NC2CCCC1(c1cccc(O)c1)C2. The Kier molecular flexibility index (Phi) is 2.21. The number of hydrogen-bond acceptors (Lipinski definition) is 2. The van der Waals surface area contributed by atoms with Crippen molar-refractivity contribution in [3.8, 4) is 5.75 Å². The largest absolute Gasteiger partial charge is 0.508 e. The van der Waals surface area contributed by atoms with Gasteiger partial charge in [0.25, 0.3) is 0 Å². The number of hydrogen-bond donors (Lipinski definition) is 2. The van der Waals surface area contributed by atoms with Crippen LogP contribution in [-0.4, -0.2) is 17.2 Å². The van der Waals surface area contributed by atoms with E-state index in [4.69, 9.17) is 0 Å². The van der Waals surface area contributed by atoms with Crippen LogP contribution in [0.4, 0.5) is 0 Å². The van der Waals surface area contributed by atoms with Crippen molar-refractivity contribution in [1.82, 2.24) is 5.32 Å². The molecule has 1 aliphatic carbocycles. The van der Waals surface area contributed by atoms with Crippen molar-refractivity contribution in [3.05, 3.63) is 29.8 Å². The van der Waals surface area contributed by atoms with E-state index in [1.807, 2.05) is 12.1 Å². The fourth-order valence-corrected chi connectivity index (χ4v) is 3.68. The molecule has 3 atom stereocenters. The Hall–Kier alpha value is -1.02. The van der Waals surface area contributed by atoms with Gasteiger partial charge in [-0.05, 0) is 43.9 Å². The van der Waals surface area contributed by atoms with E-state index in [9.17, 15) is 5.11 Å². The molecule has 3 rings (SSSR count). The lowest BCUT2D eigenvalue weighted by Crippen LogP contribution is -2.37. The molecular weight excluding hydrogens is 198 g/mol. The number of phenols is 1. The van der Waals surface area contributed by atoms with Gasteiger partial charge in [-0.2, -0.15) is 0 Å². The minimum absolute atomic E-state index is 0.266. The Labute approximate surface area is 96.7 Å². The first-order valence-corrected chi connectivity index (χ1v) is 6.26. The summed E-state index contributed by atoms with van der Waals surface area (Å²) in [5.74, 6) is 0.396. The minimum Gasteiger partial charge on any atom is -0.508 e. The molecule has 1 saturated heterocycles. The fraction of sp³-hybridized carbons (Fsp3) is 0.571. The summed E-state index contributed by atoms with van der Waals surface area (Å²) in [5.41, 5.74) is 1.58. The summed E-state index contributed by atoms with van der Waals surface area (Å²) in [6, 6.07) is 9.06. The van der Waals surface area contributed by atoms with E-state index in [1.165, 1.54) is 31.2 Å². The van der Waals surface area contributed by atoms with Crippen molar-refractivity contribution >= 4 is 0 Å². The second-order valence-electron chi connectivity index (χ2n) is 5.39. The molecule has 2 aliphatic rings. The molecule has 0 spiro atoms. The van der Waals surface area contributed by atoms with Gasteiger partial charge < -0.3 is 10.4 Å². The van der Waals surface area contributed by atoms with E-state index in [0.717, 1.165) is 0 Å². The summed E-state index contributed by atoms with van der Waals surface area (Å²) in [6.07, 6.45) is 5.10. The zero-order valence-electron chi connectivity index (χ0n) is 9.74. The van der Waals surface area contributed by atoms with Crippen LogP contribution < -0.4 is 5.32 Å². The normalized spacial score (nSPS) is 37.6. The van der Waals surface area contributed by atoms with Crippen LogP contribution in [0.3, 0.4) is 0 Å². The van der Waals surface area contributed by atoms with Crippen LogP contribution in [0.15, 0.2) is 24.3 Å². The van der Waals surface area contributed by atoms with Crippen LogP contribution in [0.2, 0.25) is 0 Å². The van der Waals surface area contributed by atoms with Crippen molar-refractivity contribution in [2.24, 2.45) is 0 Å². The quantitative estimate of drug-likeness (QED) is 0.757. The lowest BCUT2D eigenvalue weighted by atomic mass is 9.68. The predicted octanol–water partition coefficient (Wildman–Crippen LogP) is 2.56. The van der Waals surface area contributed by atoms with E-state index in [1.54, 1.807) is 6.07 Å². The number of benzene rings is 1. The van der Waals surface area contributed by atoms with E-state index >= 15 is 0 Å². The molecule has 86 valence electrons. The van der Waals surface area contributed by atoms with Crippen molar-refractivity contribution in [1.29, 1.82) is 0 Å². The molecule has 2 fully saturated rings. The zero-order valence-corrected chi connectivity index (χ0v) is 9.74. The van der Waals surface area contributed by atoms with Gasteiger partial charge in [-0.25, -0.2) is 0 Å². The topological polar surface area (TPSA) is 32.3 Å². The van der Waals surface area contributed by atoms with Gasteiger partial charge in [0, 0.05) is 17.5 Å². The van der Waals surface area contributed by atoms with E-state index in [2.05, 4.69) is 18.3 Å². The lowest BCUT2D eigenvalue weighted by Gasteiger charge is -2.36. The maximum Gasteiger partial charge on any atom is 0.115 e. The third kappa shape index (κ3) is 1.36. The molecular formula is C14H19NO. The number of rotatable bonds is 1. The minimum atomic E-state index is 0.266. The lowest BCUT2D eigenvalue weighted by molar-refractivity contribution is 0.319. The van der Waals surface area contributed by atoms with Gasteiger partial charge >= 0.3 is 0 Å². The number of phenolic OH excluding ortho intramolecular Hbond substituents is 1. The predicted molar refractivity (Wildman–Crippen MR) is 64.6 cm³/mol. The summed E-state index contributed by atoms with van der Waals surface area (Å²) in [5, 5.41) is 13.3. The Bertz CT molecular complexity index is 403. The molecule has 1 aromatic carbocycles. The molecule has 0 amide bonds. The van der Waals surface area contributed by atoms with Gasteiger partial charge in [-0.3, -0.25) is 0 Å². The molecule has 2 N–H and O–H groups in total. The second-order valence-corrected chi connectivity index (χ2v) is 5.39. The summed E-state index contributed by atoms with van der Waals surface area (Å²) in [4.78, 5) is 0. The van der Waals surface area contributed by atoms with E-state index in [-0.39, 0.29) is 5.41 Å². The van der Waals surface area contributed by atoms with Gasteiger partial charge in [0.05, 0.1) is 0 Å². The Morgan fingerprint density at radius 1 is 1.44 bits per heavy atom. The molecule has 1 saturated carbocycles. The number of aromatic hydroxyl groups is 1. The molecule has 0 radical (unpaired) electrons. The van der Waals surface area contributed by atoms with Crippen LogP contribution in [0, 0.1) is 0 Å². The highest BCUT2D eigenvalue weighted by molar-refractivity contribution is 5.36. The molecule has 1 aliphatic heterocycles. The highest BCUT2D eigenvalue weighted by Crippen LogP contribution is 2.47. The van der Waals surface area contributed by atoms with Crippen LogP contribution in [0.1, 0.15) is 38.2 Å². The summed E-state index contributed by atoms with van der Waals surface area (Å²) < 4.78 is 0. The van der Waals surface area contributed by atoms with E-state index in [0.29, 0.717) is 17.8 Å². The van der Waals surface area contributed by atoms with Crippen LogP contribution >= 0.6 is 0 Å². The molecule has 1 aromatic rings. The van der Waals surface area contributed by atoms with Crippen molar-refractivity contribution in [2.75, 3.05) is 0 Å². The van der Waals surface area contributed by atoms with Gasteiger partial charge in [0.2, 0.25) is 0 Å². The Balaban J connectivity index is 2.03. The highest BCUT2D eigenvalue weighted by atomic mass is 16.3. The van der Waals surface area contributed by atoms with Crippen LogP contribution in [0.25, 0.3) is 0 Å². The highest BCUT2D eigenvalue weighted by Gasteiger charge is 2.48. The zero-order chi connectivity index (χ0) is 11.2. The van der Waals surface area contributed by atoms with Crippen LogP contribution in [0.5, 0.6) is 5.75 Å². The molecule has 2 heteroatoms. The van der Waals surface area contributed by atoms with Crippen molar-refractivity contribution in [2.45, 2.75) is 50.1 Å². The maximum atomic E-state index is 9.63.